The van der Waals surface area contributed by atoms with Crippen molar-refractivity contribution in [3.8, 4) is 10.6 Å². The number of carbonyl (C=O) groups is 1. The SMILES string of the molecule is COC(=O)c1ccc(-c2ccc(=O)[nH]n2)s1. The van der Waals surface area contributed by atoms with E-state index in [1.807, 2.05) is 0 Å². The molecule has 0 spiro atoms. The van der Waals surface area contributed by atoms with Crippen molar-refractivity contribution in [3.63, 3.8) is 0 Å². The number of methoxy groups -OCH3 is 1. The first-order valence-electron chi connectivity index (χ1n) is 4.45. The number of nitrogens with one attached hydrogen (secondary N) is 1. The normalized spacial score (nSPS) is 10.1. The molecular weight excluding hydrogens is 228 g/mol. The summed E-state index contributed by atoms with van der Waals surface area (Å²) in [4.78, 5) is 23.4. The summed E-state index contributed by atoms with van der Waals surface area (Å²) in [5.41, 5.74) is 0.369. The van der Waals surface area contributed by atoms with E-state index < -0.39 is 0 Å². The molecule has 0 unspecified atom stereocenters. The van der Waals surface area contributed by atoms with Crippen LogP contribution in [-0.2, 0) is 4.74 Å². The van der Waals surface area contributed by atoms with Crippen LogP contribution in [-0.4, -0.2) is 23.3 Å². The first kappa shape index (κ1) is 10.6. The molecule has 6 heteroatoms. The fourth-order valence-electron chi connectivity index (χ4n) is 1.17. The maximum atomic E-state index is 11.2. The third kappa shape index (κ3) is 2.01. The quantitative estimate of drug-likeness (QED) is 0.797. The van der Waals surface area contributed by atoms with E-state index in [-0.39, 0.29) is 11.5 Å². The number of hydrogen-bond donors (Lipinski definition) is 1. The van der Waals surface area contributed by atoms with E-state index in [4.69, 9.17) is 0 Å². The van der Waals surface area contributed by atoms with Gasteiger partial charge in [0.15, 0.2) is 0 Å². The van der Waals surface area contributed by atoms with E-state index in [0.717, 1.165) is 4.88 Å². The summed E-state index contributed by atoms with van der Waals surface area (Å²) in [6.07, 6.45) is 0. The second-order valence-electron chi connectivity index (χ2n) is 2.96. The Labute approximate surface area is 94.7 Å². The number of carbonyl (C=O) groups excluding carboxylic acids is 1. The van der Waals surface area contributed by atoms with Crippen molar-refractivity contribution in [2.75, 3.05) is 7.11 Å². The van der Waals surface area contributed by atoms with Gasteiger partial charge in [-0.15, -0.1) is 11.3 Å². The summed E-state index contributed by atoms with van der Waals surface area (Å²) in [6.45, 7) is 0. The summed E-state index contributed by atoms with van der Waals surface area (Å²) in [5.74, 6) is -0.374. The van der Waals surface area contributed by atoms with Crippen LogP contribution < -0.4 is 5.56 Å². The average Bonchev–Trinajstić information content (AvgIpc) is 2.78. The van der Waals surface area contributed by atoms with Gasteiger partial charge in [-0.1, -0.05) is 0 Å². The van der Waals surface area contributed by atoms with Crippen LogP contribution in [0.5, 0.6) is 0 Å². The van der Waals surface area contributed by atoms with E-state index in [1.54, 1.807) is 18.2 Å². The lowest BCUT2D eigenvalue weighted by atomic mass is 10.3. The Morgan fingerprint density at radius 2 is 2.19 bits per heavy atom. The highest BCUT2D eigenvalue weighted by molar-refractivity contribution is 7.17. The predicted octanol–water partition coefficient (Wildman–Crippen LogP) is 1.28. The second kappa shape index (κ2) is 4.28. The van der Waals surface area contributed by atoms with E-state index in [1.165, 1.54) is 24.5 Å². The average molecular weight is 236 g/mol. The van der Waals surface area contributed by atoms with Gasteiger partial charge in [0, 0.05) is 6.07 Å². The predicted molar refractivity (Wildman–Crippen MR) is 59.5 cm³/mol. The molecule has 0 aliphatic rings. The van der Waals surface area contributed by atoms with Crippen LogP contribution in [0, 0.1) is 0 Å². The van der Waals surface area contributed by atoms with Crippen molar-refractivity contribution in [2.24, 2.45) is 0 Å². The van der Waals surface area contributed by atoms with Crippen molar-refractivity contribution in [1.29, 1.82) is 0 Å². The van der Waals surface area contributed by atoms with Crippen LogP contribution in [0.15, 0.2) is 29.1 Å². The Morgan fingerprint density at radius 3 is 2.81 bits per heavy atom. The maximum absolute atomic E-state index is 11.2. The van der Waals surface area contributed by atoms with Crippen molar-refractivity contribution in [3.05, 3.63) is 39.5 Å². The second-order valence-corrected chi connectivity index (χ2v) is 4.05. The van der Waals surface area contributed by atoms with Gasteiger partial charge >= 0.3 is 5.97 Å². The topological polar surface area (TPSA) is 72.1 Å². The minimum atomic E-state index is -0.374. The number of thiophene rings is 1. The van der Waals surface area contributed by atoms with Crippen molar-refractivity contribution < 1.29 is 9.53 Å². The molecule has 1 N–H and O–H groups in total. The van der Waals surface area contributed by atoms with Gasteiger partial charge in [-0.2, -0.15) is 5.10 Å². The Bertz CT molecular complexity index is 553. The van der Waals surface area contributed by atoms with Gasteiger partial charge in [0.1, 0.15) is 10.6 Å². The molecule has 0 aliphatic carbocycles. The largest absolute Gasteiger partial charge is 0.465 e. The Kier molecular flexibility index (Phi) is 2.82. The summed E-state index contributed by atoms with van der Waals surface area (Å²) in [7, 11) is 1.33. The highest BCUT2D eigenvalue weighted by atomic mass is 32.1. The highest BCUT2D eigenvalue weighted by Gasteiger charge is 2.10. The zero-order valence-electron chi connectivity index (χ0n) is 8.39. The maximum Gasteiger partial charge on any atom is 0.348 e. The number of hydrogen-bond acceptors (Lipinski definition) is 5. The molecule has 0 saturated carbocycles. The Balaban J connectivity index is 2.35. The third-order valence-corrected chi connectivity index (χ3v) is 3.01. The first-order valence-corrected chi connectivity index (χ1v) is 5.26. The molecule has 0 bridgehead atoms. The number of esters is 1. The number of aromatic amines is 1. The smallest absolute Gasteiger partial charge is 0.348 e. The lowest BCUT2D eigenvalue weighted by molar-refractivity contribution is 0.0606. The zero-order chi connectivity index (χ0) is 11.5. The van der Waals surface area contributed by atoms with Gasteiger partial charge in [-0.25, -0.2) is 9.89 Å². The van der Waals surface area contributed by atoms with Gasteiger partial charge in [0.25, 0.3) is 5.56 Å². The zero-order valence-corrected chi connectivity index (χ0v) is 9.21. The van der Waals surface area contributed by atoms with Crippen LogP contribution in [0.25, 0.3) is 10.6 Å². The Hall–Kier alpha value is -1.95. The minimum Gasteiger partial charge on any atom is -0.465 e. The van der Waals surface area contributed by atoms with Gasteiger partial charge in [0.05, 0.1) is 12.0 Å². The van der Waals surface area contributed by atoms with E-state index in [0.29, 0.717) is 10.6 Å². The van der Waals surface area contributed by atoms with Crippen LogP contribution in [0.3, 0.4) is 0 Å². The number of ether oxygens (including phenoxy) is 1. The lowest BCUT2D eigenvalue weighted by Crippen LogP contribution is -2.05. The molecule has 2 aromatic heterocycles. The molecule has 0 saturated heterocycles. The number of rotatable bonds is 2. The number of nitrogens with zero attached hydrogens (tertiary/aromatic N) is 1. The van der Waals surface area contributed by atoms with Crippen LogP contribution in [0.1, 0.15) is 9.67 Å². The minimum absolute atomic E-state index is 0.256. The summed E-state index contributed by atoms with van der Waals surface area (Å²) < 4.78 is 4.60. The number of H-pyrrole nitrogens is 1. The molecule has 2 heterocycles. The number of aromatic nitrogens is 2. The van der Waals surface area contributed by atoms with Crippen molar-refractivity contribution in [1.82, 2.24) is 10.2 Å². The van der Waals surface area contributed by atoms with Gasteiger partial charge in [-0.05, 0) is 18.2 Å². The molecule has 2 aromatic rings. The molecule has 5 nitrogen and oxygen atoms in total. The summed E-state index contributed by atoms with van der Waals surface area (Å²) in [6, 6.07) is 6.42. The van der Waals surface area contributed by atoms with Gasteiger partial charge in [0.2, 0.25) is 0 Å². The lowest BCUT2D eigenvalue weighted by Gasteiger charge is -1.94. The molecular formula is C10H8N2O3S. The molecule has 82 valence electrons. The third-order valence-electron chi connectivity index (χ3n) is 1.92. The van der Waals surface area contributed by atoms with Crippen LogP contribution in [0.4, 0.5) is 0 Å². The Morgan fingerprint density at radius 1 is 1.38 bits per heavy atom. The molecule has 2 rings (SSSR count). The highest BCUT2D eigenvalue weighted by Crippen LogP contribution is 2.25. The van der Waals surface area contributed by atoms with Crippen LogP contribution >= 0.6 is 11.3 Å². The van der Waals surface area contributed by atoms with Crippen molar-refractivity contribution >= 4 is 17.3 Å². The molecule has 16 heavy (non-hydrogen) atoms. The first-order chi connectivity index (χ1) is 7.70. The molecule has 0 atom stereocenters. The summed E-state index contributed by atoms with van der Waals surface area (Å²) in [5, 5.41) is 6.20. The standard InChI is InChI=1S/C10H8N2O3S/c1-15-10(14)8-4-3-7(16-8)6-2-5-9(13)12-11-6/h2-5H,1H3,(H,12,13). The fraction of sp³-hybridized carbons (Fsp3) is 0.100. The molecule has 0 fully saturated rings. The van der Waals surface area contributed by atoms with Crippen molar-refractivity contribution in [2.45, 2.75) is 0 Å². The molecule has 0 amide bonds. The van der Waals surface area contributed by atoms with E-state index >= 15 is 0 Å². The van der Waals surface area contributed by atoms with Gasteiger partial charge < -0.3 is 4.74 Å². The fourth-order valence-corrected chi connectivity index (χ4v) is 2.06. The van der Waals surface area contributed by atoms with Gasteiger partial charge in [-0.3, -0.25) is 4.79 Å². The molecule has 0 aromatic carbocycles. The van der Waals surface area contributed by atoms with Crippen LogP contribution in [0.2, 0.25) is 0 Å². The van der Waals surface area contributed by atoms with E-state index in [2.05, 4.69) is 14.9 Å². The molecule has 0 radical (unpaired) electrons. The van der Waals surface area contributed by atoms with E-state index in [9.17, 15) is 9.59 Å². The molecule has 0 aliphatic heterocycles. The monoisotopic (exact) mass is 236 g/mol. The summed E-state index contributed by atoms with van der Waals surface area (Å²) >= 11 is 1.27.